The van der Waals surface area contributed by atoms with Gasteiger partial charge in [-0.15, -0.1) is 10.2 Å². The minimum atomic E-state index is -0.103. The summed E-state index contributed by atoms with van der Waals surface area (Å²) in [5, 5.41) is 12.5. The number of amides is 1. The Labute approximate surface area is 222 Å². The van der Waals surface area contributed by atoms with E-state index < -0.39 is 0 Å². The summed E-state index contributed by atoms with van der Waals surface area (Å²) < 4.78 is 12.8. The van der Waals surface area contributed by atoms with Crippen molar-refractivity contribution in [2.75, 3.05) is 24.8 Å². The van der Waals surface area contributed by atoms with Crippen molar-refractivity contribution >= 4 is 23.4 Å². The number of benzene rings is 3. The molecule has 0 spiro atoms. The number of carbonyl (C=O) groups excluding carboxylic acids is 1. The molecule has 8 heteroatoms. The van der Waals surface area contributed by atoms with E-state index in [1.54, 1.807) is 7.11 Å². The lowest BCUT2D eigenvalue weighted by Gasteiger charge is -2.12. The highest BCUT2D eigenvalue weighted by Gasteiger charge is 2.18. The molecule has 0 fully saturated rings. The number of hydrogen-bond acceptors (Lipinski definition) is 6. The van der Waals surface area contributed by atoms with E-state index in [2.05, 4.69) is 41.5 Å². The topological polar surface area (TPSA) is 78.3 Å². The molecule has 1 amide bonds. The van der Waals surface area contributed by atoms with E-state index in [-0.39, 0.29) is 11.7 Å². The average Bonchev–Trinajstić information content (AvgIpc) is 3.36. The van der Waals surface area contributed by atoms with Gasteiger partial charge >= 0.3 is 0 Å². The van der Waals surface area contributed by atoms with Crippen LogP contribution in [0.25, 0.3) is 17.1 Å². The maximum atomic E-state index is 12.8. The van der Waals surface area contributed by atoms with Crippen LogP contribution in [-0.4, -0.2) is 40.1 Å². The summed E-state index contributed by atoms with van der Waals surface area (Å²) in [7, 11) is 1.64. The number of methoxy groups -OCH3 is 1. The van der Waals surface area contributed by atoms with Crippen LogP contribution in [0.4, 0.5) is 5.69 Å². The van der Waals surface area contributed by atoms with Crippen molar-refractivity contribution < 1.29 is 14.3 Å². The lowest BCUT2D eigenvalue weighted by molar-refractivity contribution is -0.113. The molecule has 1 aromatic heterocycles. The smallest absolute Gasteiger partial charge is 0.234 e. The maximum Gasteiger partial charge on any atom is 0.234 e. The molecule has 0 bridgehead atoms. The fraction of sp³-hybridized carbons (Fsp3) is 0.276. The molecule has 3 aromatic carbocycles. The zero-order valence-electron chi connectivity index (χ0n) is 21.6. The van der Waals surface area contributed by atoms with Crippen LogP contribution in [0.1, 0.15) is 38.7 Å². The van der Waals surface area contributed by atoms with Crippen LogP contribution in [-0.2, 0) is 4.79 Å². The molecular weight excluding hydrogens is 484 g/mol. The quantitative estimate of drug-likeness (QED) is 0.227. The van der Waals surface area contributed by atoms with E-state index in [1.165, 1.54) is 17.3 Å². The van der Waals surface area contributed by atoms with E-state index in [0.29, 0.717) is 23.5 Å². The highest BCUT2D eigenvalue weighted by atomic mass is 32.2. The number of hydrogen-bond donors (Lipinski definition) is 1. The molecule has 1 N–H and O–H groups in total. The second-order valence-electron chi connectivity index (χ2n) is 8.57. The fourth-order valence-corrected chi connectivity index (χ4v) is 4.59. The molecule has 1 heterocycles. The number of nitrogens with zero attached hydrogens (tertiary/aromatic N) is 3. The largest absolute Gasteiger partial charge is 0.497 e. The highest BCUT2D eigenvalue weighted by molar-refractivity contribution is 7.99. The van der Waals surface area contributed by atoms with Gasteiger partial charge in [-0.1, -0.05) is 37.7 Å². The number of carbonyl (C=O) groups is 1. The third kappa shape index (κ3) is 6.51. The van der Waals surface area contributed by atoms with Crippen molar-refractivity contribution in [2.24, 2.45) is 0 Å². The Morgan fingerprint density at radius 3 is 2.24 bits per heavy atom. The SMILES string of the molecule is CCOc1ccc(-n2c(SCC(=O)Nc3ccc([C@H](C)CC)cc3)nnc2-c2ccc(OC)cc2)cc1. The molecule has 1 atom stereocenters. The molecule has 37 heavy (non-hydrogen) atoms. The van der Waals surface area contributed by atoms with E-state index in [4.69, 9.17) is 9.47 Å². The highest BCUT2D eigenvalue weighted by Crippen LogP contribution is 2.30. The number of ether oxygens (including phenoxy) is 2. The van der Waals surface area contributed by atoms with Gasteiger partial charge in [0.15, 0.2) is 11.0 Å². The van der Waals surface area contributed by atoms with Gasteiger partial charge < -0.3 is 14.8 Å². The summed E-state index contributed by atoms with van der Waals surface area (Å²) in [6.07, 6.45) is 1.08. The van der Waals surface area contributed by atoms with Gasteiger partial charge in [-0.25, -0.2) is 0 Å². The molecule has 0 saturated carbocycles. The third-order valence-electron chi connectivity index (χ3n) is 6.10. The predicted octanol–water partition coefficient (Wildman–Crippen LogP) is 6.59. The second kappa shape index (κ2) is 12.5. The van der Waals surface area contributed by atoms with Crippen LogP contribution in [0.2, 0.25) is 0 Å². The summed E-state index contributed by atoms with van der Waals surface area (Å²) in [6, 6.07) is 23.5. The first-order valence-electron chi connectivity index (χ1n) is 12.4. The van der Waals surface area contributed by atoms with Crippen molar-refractivity contribution in [1.29, 1.82) is 0 Å². The minimum absolute atomic E-state index is 0.103. The maximum absolute atomic E-state index is 12.8. The molecule has 0 unspecified atom stereocenters. The van der Waals surface area contributed by atoms with Crippen LogP contribution in [0, 0.1) is 0 Å². The molecule has 0 aliphatic carbocycles. The van der Waals surface area contributed by atoms with Gasteiger partial charge in [0.05, 0.1) is 19.5 Å². The normalized spacial score (nSPS) is 11.7. The Kier molecular flexibility index (Phi) is 8.85. The first kappa shape index (κ1) is 26.3. The summed E-state index contributed by atoms with van der Waals surface area (Å²) in [6.45, 7) is 6.92. The van der Waals surface area contributed by atoms with E-state index in [1.807, 2.05) is 72.2 Å². The minimum Gasteiger partial charge on any atom is -0.497 e. The van der Waals surface area contributed by atoms with Gasteiger partial charge in [0.25, 0.3) is 0 Å². The summed E-state index contributed by atoms with van der Waals surface area (Å²) >= 11 is 1.34. The number of anilines is 1. The Morgan fingerprint density at radius 2 is 1.62 bits per heavy atom. The molecular formula is C29H32N4O3S. The zero-order valence-corrected chi connectivity index (χ0v) is 22.4. The van der Waals surface area contributed by atoms with Crippen molar-refractivity contribution in [3.05, 3.63) is 78.4 Å². The Balaban J connectivity index is 1.54. The third-order valence-corrected chi connectivity index (χ3v) is 7.02. The van der Waals surface area contributed by atoms with Crippen LogP contribution in [0.3, 0.4) is 0 Å². The lowest BCUT2D eigenvalue weighted by atomic mass is 9.99. The fourth-order valence-electron chi connectivity index (χ4n) is 3.84. The number of rotatable bonds is 11. The summed E-state index contributed by atoms with van der Waals surface area (Å²) in [4.78, 5) is 12.8. The van der Waals surface area contributed by atoms with Gasteiger partial charge in [0, 0.05) is 16.9 Å². The Bertz CT molecular complexity index is 1300. The Hall–Kier alpha value is -3.78. The lowest BCUT2D eigenvalue weighted by Crippen LogP contribution is -2.14. The molecule has 192 valence electrons. The van der Waals surface area contributed by atoms with Gasteiger partial charge in [0.2, 0.25) is 5.91 Å². The number of aromatic nitrogens is 3. The predicted molar refractivity (Wildman–Crippen MR) is 149 cm³/mol. The van der Waals surface area contributed by atoms with Crippen molar-refractivity contribution in [1.82, 2.24) is 14.8 Å². The Morgan fingerprint density at radius 1 is 0.946 bits per heavy atom. The number of thioether (sulfide) groups is 1. The standard InChI is InChI=1S/C29H32N4O3S/c1-5-20(3)21-7-11-23(12-8-21)30-27(34)19-37-29-32-31-28(22-9-15-25(35-4)16-10-22)33(29)24-13-17-26(18-14-24)36-6-2/h7-18,20H,5-6,19H2,1-4H3,(H,30,34)/t20-/m1/s1. The van der Waals surface area contributed by atoms with Gasteiger partial charge in [-0.3, -0.25) is 9.36 Å². The molecule has 0 aliphatic rings. The summed E-state index contributed by atoms with van der Waals surface area (Å²) in [5.74, 6) is 2.82. The van der Waals surface area contributed by atoms with Crippen molar-refractivity contribution in [3.8, 4) is 28.6 Å². The van der Waals surface area contributed by atoms with E-state index >= 15 is 0 Å². The van der Waals surface area contributed by atoms with Crippen molar-refractivity contribution in [2.45, 2.75) is 38.3 Å². The van der Waals surface area contributed by atoms with Crippen LogP contribution in [0.5, 0.6) is 11.5 Å². The van der Waals surface area contributed by atoms with Gasteiger partial charge in [-0.2, -0.15) is 0 Å². The van der Waals surface area contributed by atoms with Crippen LogP contribution < -0.4 is 14.8 Å². The number of nitrogens with one attached hydrogen (secondary N) is 1. The molecule has 4 rings (SSSR count). The summed E-state index contributed by atoms with van der Waals surface area (Å²) in [5.41, 5.74) is 3.82. The van der Waals surface area contributed by atoms with Gasteiger partial charge in [-0.05, 0) is 85.5 Å². The molecule has 0 aliphatic heterocycles. The van der Waals surface area contributed by atoms with Crippen molar-refractivity contribution in [3.63, 3.8) is 0 Å². The zero-order chi connectivity index (χ0) is 26.2. The molecule has 0 radical (unpaired) electrons. The average molecular weight is 517 g/mol. The molecule has 7 nitrogen and oxygen atoms in total. The monoisotopic (exact) mass is 516 g/mol. The van der Waals surface area contributed by atoms with E-state index in [0.717, 1.165) is 34.9 Å². The first-order valence-corrected chi connectivity index (χ1v) is 13.4. The van der Waals surface area contributed by atoms with Crippen LogP contribution in [0.15, 0.2) is 78.0 Å². The molecule has 0 saturated heterocycles. The first-order chi connectivity index (χ1) is 18.0. The molecule has 4 aromatic rings. The van der Waals surface area contributed by atoms with E-state index in [9.17, 15) is 4.79 Å². The van der Waals surface area contributed by atoms with Gasteiger partial charge in [0.1, 0.15) is 11.5 Å². The second-order valence-corrected chi connectivity index (χ2v) is 9.51. The van der Waals surface area contributed by atoms with Crippen LogP contribution >= 0.6 is 11.8 Å².